The highest BCUT2D eigenvalue weighted by Gasteiger charge is 2.15. The Morgan fingerprint density at radius 1 is 1.45 bits per heavy atom. The van der Waals surface area contributed by atoms with Crippen molar-refractivity contribution in [1.29, 1.82) is 0 Å². The van der Waals surface area contributed by atoms with Crippen molar-refractivity contribution in [3.8, 4) is 0 Å². The molecule has 0 saturated carbocycles. The predicted octanol–water partition coefficient (Wildman–Crippen LogP) is 2.74. The molecule has 0 aliphatic rings. The standard InChI is InChI=1S/C14H13N3O2S/c1-9-16-12-4-2-3-11(14(18)19)13(12)17(9)6-5-10-7-20-8-15-10/h2-4,7-8H,5-6H2,1H3,(H,18,19). The summed E-state index contributed by atoms with van der Waals surface area (Å²) in [4.78, 5) is 20.0. The van der Waals surface area contributed by atoms with Gasteiger partial charge in [0.15, 0.2) is 0 Å². The average molecular weight is 287 g/mol. The Kier molecular flexibility index (Phi) is 3.23. The van der Waals surface area contributed by atoms with Crippen molar-refractivity contribution in [2.24, 2.45) is 0 Å². The monoisotopic (exact) mass is 287 g/mol. The molecule has 0 fully saturated rings. The first-order valence-electron chi connectivity index (χ1n) is 6.23. The van der Waals surface area contributed by atoms with Crippen LogP contribution >= 0.6 is 11.3 Å². The van der Waals surface area contributed by atoms with Crippen LogP contribution in [0.4, 0.5) is 0 Å². The molecule has 5 nitrogen and oxygen atoms in total. The summed E-state index contributed by atoms with van der Waals surface area (Å²) in [7, 11) is 0. The van der Waals surface area contributed by atoms with Crippen LogP contribution in [0, 0.1) is 6.92 Å². The second-order valence-electron chi connectivity index (χ2n) is 4.52. The fraction of sp³-hybridized carbons (Fsp3) is 0.214. The van der Waals surface area contributed by atoms with E-state index in [0.717, 1.165) is 23.5 Å². The van der Waals surface area contributed by atoms with Crippen molar-refractivity contribution >= 4 is 28.3 Å². The minimum atomic E-state index is -0.926. The van der Waals surface area contributed by atoms with Crippen molar-refractivity contribution < 1.29 is 9.90 Å². The molecule has 0 saturated heterocycles. The third kappa shape index (κ3) is 2.18. The molecule has 3 aromatic rings. The summed E-state index contributed by atoms with van der Waals surface area (Å²) in [5.74, 6) is -0.102. The largest absolute Gasteiger partial charge is 0.478 e. The summed E-state index contributed by atoms with van der Waals surface area (Å²) in [5.41, 5.74) is 4.52. The van der Waals surface area contributed by atoms with E-state index in [1.54, 1.807) is 29.0 Å². The van der Waals surface area contributed by atoms with Gasteiger partial charge in [-0.05, 0) is 19.1 Å². The normalized spacial score (nSPS) is 11.1. The molecule has 3 rings (SSSR count). The molecule has 0 unspecified atom stereocenters. The van der Waals surface area contributed by atoms with Gasteiger partial charge in [-0.1, -0.05) is 6.07 Å². The van der Waals surface area contributed by atoms with Crippen molar-refractivity contribution in [2.45, 2.75) is 19.9 Å². The van der Waals surface area contributed by atoms with Gasteiger partial charge in [0.25, 0.3) is 0 Å². The third-order valence-corrected chi connectivity index (χ3v) is 3.90. The molecule has 1 aromatic carbocycles. The van der Waals surface area contributed by atoms with Crippen LogP contribution in [0.5, 0.6) is 0 Å². The van der Waals surface area contributed by atoms with E-state index >= 15 is 0 Å². The molecule has 20 heavy (non-hydrogen) atoms. The van der Waals surface area contributed by atoms with E-state index in [1.165, 1.54) is 0 Å². The lowest BCUT2D eigenvalue weighted by molar-refractivity contribution is 0.0698. The number of carboxylic acid groups (broad SMARTS) is 1. The zero-order chi connectivity index (χ0) is 14.1. The van der Waals surface area contributed by atoms with Crippen LogP contribution in [-0.2, 0) is 13.0 Å². The Hall–Kier alpha value is -2.21. The number of aryl methyl sites for hydroxylation is 3. The van der Waals surface area contributed by atoms with Gasteiger partial charge < -0.3 is 9.67 Å². The molecular weight excluding hydrogens is 274 g/mol. The Balaban J connectivity index is 2.04. The highest BCUT2D eigenvalue weighted by Crippen LogP contribution is 2.21. The summed E-state index contributed by atoms with van der Waals surface area (Å²) in [6.07, 6.45) is 0.768. The minimum Gasteiger partial charge on any atom is -0.478 e. The molecule has 0 radical (unpaired) electrons. The van der Waals surface area contributed by atoms with Gasteiger partial charge >= 0.3 is 5.97 Å². The van der Waals surface area contributed by atoms with Gasteiger partial charge in [0, 0.05) is 18.3 Å². The van der Waals surface area contributed by atoms with Gasteiger partial charge in [-0.2, -0.15) is 0 Å². The van der Waals surface area contributed by atoms with E-state index in [1.807, 2.05) is 22.9 Å². The van der Waals surface area contributed by atoms with E-state index in [2.05, 4.69) is 9.97 Å². The summed E-state index contributed by atoms with van der Waals surface area (Å²) in [6.45, 7) is 2.57. The number of hydrogen-bond acceptors (Lipinski definition) is 4. The van der Waals surface area contributed by atoms with Gasteiger partial charge in [0.1, 0.15) is 5.82 Å². The topological polar surface area (TPSA) is 68.0 Å². The third-order valence-electron chi connectivity index (χ3n) is 3.26. The number of imidazole rings is 1. The zero-order valence-electron chi connectivity index (χ0n) is 10.9. The SMILES string of the molecule is Cc1nc2cccc(C(=O)O)c2n1CCc1cscn1. The first kappa shape index (κ1) is 12.8. The van der Waals surface area contributed by atoms with Crippen molar-refractivity contribution in [3.05, 3.63) is 46.2 Å². The summed E-state index contributed by atoms with van der Waals surface area (Å²) in [5, 5.41) is 11.3. The highest BCUT2D eigenvalue weighted by atomic mass is 32.1. The molecular formula is C14H13N3O2S. The number of benzene rings is 1. The van der Waals surface area contributed by atoms with Crippen molar-refractivity contribution in [2.75, 3.05) is 0 Å². The molecule has 1 N–H and O–H groups in total. The van der Waals surface area contributed by atoms with Crippen LogP contribution in [0.3, 0.4) is 0 Å². The summed E-state index contributed by atoms with van der Waals surface area (Å²) in [6, 6.07) is 5.18. The number of aromatic carboxylic acids is 1. The van der Waals surface area contributed by atoms with E-state index in [0.29, 0.717) is 17.6 Å². The zero-order valence-corrected chi connectivity index (χ0v) is 11.7. The molecule has 0 atom stereocenters. The van der Waals surface area contributed by atoms with E-state index in [4.69, 9.17) is 0 Å². The number of carbonyl (C=O) groups is 1. The molecule has 0 aliphatic carbocycles. The van der Waals surface area contributed by atoms with Crippen LogP contribution in [0.1, 0.15) is 21.9 Å². The lowest BCUT2D eigenvalue weighted by Crippen LogP contribution is -2.07. The first-order valence-corrected chi connectivity index (χ1v) is 7.17. The van der Waals surface area contributed by atoms with Gasteiger partial charge in [-0.3, -0.25) is 0 Å². The second-order valence-corrected chi connectivity index (χ2v) is 5.24. The number of thiazole rings is 1. The van der Waals surface area contributed by atoms with Gasteiger partial charge in [-0.15, -0.1) is 11.3 Å². The summed E-state index contributed by atoms with van der Waals surface area (Å²) >= 11 is 1.56. The van der Waals surface area contributed by atoms with Crippen LogP contribution in [0.2, 0.25) is 0 Å². The Labute approximate surface area is 119 Å². The molecule has 102 valence electrons. The minimum absolute atomic E-state index is 0.293. The summed E-state index contributed by atoms with van der Waals surface area (Å²) < 4.78 is 1.96. The molecule has 0 bridgehead atoms. The molecule has 2 heterocycles. The van der Waals surface area contributed by atoms with Gasteiger partial charge in [0.2, 0.25) is 0 Å². The smallest absolute Gasteiger partial charge is 0.337 e. The van der Waals surface area contributed by atoms with Crippen LogP contribution in [-0.4, -0.2) is 25.6 Å². The molecule has 0 spiro atoms. The Morgan fingerprint density at radius 3 is 3.00 bits per heavy atom. The second kappa shape index (κ2) is 5.05. The lowest BCUT2D eigenvalue weighted by Gasteiger charge is -2.07. The Morgan fingerprint density at radius 2 is 2.30 bits per heavy atom. The van der Waals surface area contributed by atoms with Gasteiger partial charge in [-0.25, -0.2) is 14.8 Å². The quantitative estimate of drug-likeness (QED) is 0.801. The fourth-order valence-electron chi connectivity index (χ4n) is 2.34. The number of fused-ring (bicyclic) bond motifs is 1. The van der Waals surface area contributed by atoms with Crippen molar-refractivity contribution in [3.63, 3.8) is 0 Å². The highest BCUT2D eigenvalue weighted by molar-refractivity contribution is 7.07. The number of hydrogen-bond donors (Lipinski definition) is 1. The molecule has 6 heteroatoms. The number of aromatic nitrogens is 3. The van der Waals surface area contributed by atoms with E-state index < -0.39 is 5.97 Å². The maximum absolute atomic E-state index is 11.4. The van der Waals surface area contributed by atoms with E-state index in [-0.39, 0.29) is 0 Å². The Bertz CT molecular complexity index is 762. The number of nitrogens with zero attached hydrogens (tertiary/aromatic N) is 3. The lowest BCUT2D eigenvalue weighted by atomic mass is 10.2. The van der Waals surface area contributed by atoms with Crippen LogP contribution in [0.25, 0.3) is 11.0 Å². The van der Waals surface area contributed by atoms with Crippen LogP contribution < -0.4 is 0 Å². The van der Waals surface area contributed by atoms with Crippen LogP contribution in [0.15, 0.2) is 29.1 Å². The molecule has 0 aliphatic heterocycles. The predicted molar refractivity (Wildman–Crippen MR) is 77.2 cm³/mol. The number of para-hydroxylation sites is 1. The average Bonchev–Trinajstić information content (AvgIpc) is 3.02. The maximum atomic E-state index is 11.4. The van der Waals surface area contributed by atoms with Crippen molar-refractivity contribution in [1.82, 2.24) is 14.5 Å². The maximum Gasteiger partial charge on any atom is 0.337 e. The first-order chi connectivity index (χ1) is 9.66. The molecule has 2 aromatic heterocycles. The van der Waals surface area contributed by atoms with Gasteiger partial charge in [0.05, 0.1) is 27.8 Å². The number of carboxylic acids is 1. The number of rotatable bonds is 4. The fourth-order valence-corrected chi connectivity index (χ4v) is 2.93. The van der Waals surface area contributed by atoms with E-state index in [9.17, 15) is 9.90 Å². The molecule has 0 amide bonds.